The van der Waals surface area contributed by atoms with Crippen molar-refractivity contribution in [3.8, 4) is 0 Å². The number of hydrogen-bond donors (Lipinski definition) is 2. The fourth-order valence-electron chi connectivity index (χ4n) is 3.41. The Kier molecular flexibility index (Phi) is 6.55. The van der Waals surface area contributed by atoms with Crippen LogP contribution in [-0.2, 0) is 11.2 Å². The van der Waals surface area contributed by atoms with E-state index in [1.807, 2.05) is 36.3 Å². The molecule has 0 aliphatic carbocycles. The molecule has 2 heterocycles. The number of rotatable bonds is 6. The van der Waals surface area contributed by atoms with Gasteiger partial charge in [0.1, 0.15) is 0 Å². The predicted molar refractivity (Wildman–Crippen MR) is 109 cm³/mol. The van der Waals surface area contributed by atoms with E-state index >= 15 is 0 Å². The highest BCUT2D eigenvalue weighted by Gasteiger charge is 2.23. The maximum Gasteiger partial charge on any atom is 0.254 e. The van der Waals surface area contributed by atoms with Crippen molar-refractivity contribution >= 4 is 23.4 Å². The average molecular weight is 387 g/mol. The van der Waals surface area contributed by atoms with Gasteiger partial charge < -0.3 is 15.2 Å². The third-order valence-electron chi connectivity index (χ3n) is 4.97. The highest BCUT2D eigenvalue weighted by molar-refractivity contribution is 7.98. The molecule has 0 radical (unpaired) electrons. The molecule has 3 rings (SSSR count). The molecule has 2 N–H and O–H groups in total. The molecule has 27 heavy (non-hydrogen) atoms. The first-order valence-corrected chi connectivity index (χ1v) is 10.5. The summed E-state index contributed by atoms with van der Waals surface area (Å²) in [5.41, 5.74) is 2.31. The number of amides is 1. The molecule has 1 aliphatic heterocycles. The SMILES string of the molecule is CSc1nc(C)c(CCC(=O)N2CCC(Nc3ccccc3)CC2)c(=O)[nH]1. The van der Waals surface area contributed by atoms with Crippen LogP contribution in [0.5, 0.6) is 0 Å². The standard InChI is InChI=1S/C20H26N4O2S/c1-14-17(19(26)23-20(21-14)27-2)8-9-18(25)24-12-10-16(11-13-24)22-15-6-4-3-5-7-15/h3-7,16,22H,8-13H2,1-2H3,(H,21,23,26). The number of aromatic amines is 1. The van der Waals surface area contributed by atoms with E-state index in [1.165, 1.54) is 11.8 Å². The number of nitrogens with zero attached hydrogens (tertiary/aromatic N) is 2. The molecule has 6 nitrogen and oxygen atoms in total. The summed E-state index contributed by atoms with van der Waals surface area (Å²) >= 11 is 1.41. The van der Waals surface area contributed by atoms with Crippen LogP contribution in [0.25, 0.3) is 0 Å². The second kappa shape index (κ2) is 9.08. The number of aromatic nitrogens is 2. The van der Waals surface area contributed by atoms with Gasteiger partial charge in [-0.2, -0.15) is 0 Å². The lowest BCUT2D eigenvalue weighted by Crippen LogP contribution is -2.42. The van der Waals surface area contributed by atoms with Gasteiger partial charge in [-0.3, -0.25) is 9.59 Å². The Morgan fingerprint density at radius 3 is 2.63 bits per heavy atom. The molecule has 1 aromatic heterocycles. The Morgan fingerprint density at radius 1 is 1.30 bits per heavy atom. The number of aryl methyl sites for hydroxylation is 1. The lowest BCUT2D eigenvalue weighted by molar-refractivity contribution is -0.132. The van der Waals surface area contributed by atoms with E-state index in [0.29, 0.717) is 35.3 Å². The highest BCUT2D eigenvalue weighted by Crippen LogP contribution is 2.17. The predicted octanol–water partition coefficient (Wildman–Crippen LogP) is 2.84. The van der Waals surface area contributed by atoms with Crippen LogP contribution in [0.2, 0.25) is 0 Å². The summed E-state index contributed by atoms with van der Waals surface area (Å²) in [5.74, 6) is 0.112. The second-order valence-electron chi connectivity index (χ2n) is 6.80. The molecule has 1 saturated heterocycles. The second-order valence-corrected chi connectivity index (χ2v) is 7.60. The third-order valence-corrected chi connectivity index (χ3v) is 5.56. The number of carbonyl (C=O) groups excluding carboxylic acids is 1. The van der Waals surface area contributed by atoms with Crippen LogP contribution < -0.4 is 10.9 Å². The van der Waals surface area contributed by atoms with Gasteiger partial charge >= 0.3 is 0 Å². The van der Waals surface area contributed by atoms with E-state index < -0.39 is 0 Å². The van der Waals surface area contributed by atoms with Gasteiger partial charge in [0.25, 0.3) is 5.56 Å². The average Bonchev–Trinajstić information content (AvgIpc) is 2.68. The van der Waals surface area contributed by atoms with Crippen molar-refractivity contribution in [2.45, 2.75) is 43.8 Å². The van der Waals surface area contributed by atoms with E-state index in [-0.39, 0.29) is 11.5 Å². The summed E-state index contributed by atoms with van der Waals surface area (Å²) in [6.07, 6.45) is 4.52. The van der Waals surface area contributed by atoms with Crippen molar-refractivity contribution in [2.75, 3.05) is 24.7 Å². The number of anilines is 1. The summed E-state index contributed by atoms with van der Waals surface area (Å²) in [7, 11) is 0. The molecule has 0 atom stereocenters. The van der Waals surface area contributed by atoms with Crippen LogP contribution in [0.1, 0.15) is 30.5 Å². The summed E-state index contributed by atoms with van der Waals surface area (Å²) in [4.78, 5) is 33.8. The summed E-state index contributed by atoms with van der Waals surface area (Å²) in [5, 5.41) is 4.14. The highest BCUT2D eigenvalue weighted by atomic mass is 32.2. The minimum atomic E-state index is -0.134. The Morgan fingerprint density at radius 2 is 2.00 bits per heavy atom. The lowest BCUT2D eigenvalue weighted by Gasteiger charge is -2.33. The molecular formula is C20H26N4O2S. The molecule has 0 spiro atoms. The molecule has 1 aliphatic rings. The van der Waals surface area contributed by atoms with Gasteiger partial charge in [-0.05, 0) is 44.6 Å². The normalized spacial score (nSPS) is 15.0. The molecule has 1 aromatic carbocycles. The van der Waals surface area contributed by atoms with Crippen molar-refractivity contribution in [3.63, 3.8) is 0 Å². The molecule has 1 amide bonds. The molecule has 2 aromatic rings. The number of nitrogens with one attached hydrogen (secondary N) is 2. The fourth-order valence-corrected chi connectivity index (χ4v) is 3.83. The Labute approximate surface area is 163 Å². The van der Waals surface area contributed by atoms with Crippen molar-refractivity contribution in [1.29, 1.82) is 0 Å². The maximum absolute atomic E-state index is 12.6. The van der Waals surface area contributed by atoms with Crippen LogP contribution in [0.15, 0.2) is 40.3 Å². The zero-order chi connectivity index (χ0) is 19.2. The van der Waals surface area contributed by atoms with Crippen molar-refractivity contribution in [3.05, 3.63) is 51.9 Å². The lowest BCUT2D eigenvalue weighted by atomic mass is 10.0. The number of thioether (sulfide) groups is 1. The number of likely N-dealkylation sites (tertiary alicyclic amines) is 1. The van der Waals surface area contributed by atoms with Crippen LogP contribution in [0.3, 0.4) is 0 Å². The Hall–Kier alpha value is -2.28. The first-order valence-electron chi connectivity index (χ1n) is 9.30. The molecule has 144 valence electrons. The summed E-state index contributed by atoms with van der Waals surface area (Å²) < 4.78 is 0. The zero-order valence-corrected chi connectivity index (χ0v) is 16.6. The molecule has 0 unspecified atom stereocenters. The number of carbonyl (C=O) groups is 1. The van der Waals surface area contributed by atoms with E-state index in [0.717, 1.165) is 31.6 Å². The van der Waals surface area contributed by atoms with Gasteiger partial charge in [0, 0.05) is 42.5 Å². The molecule has 0 saturated carbocycles. The quantitative estimate of drug-likeness (QED) is 0.590. The van der Waals surface area contributed by atoms with Crippen LogP contribution in [0, 0.1) is 6.92 Å². The van der Waals surface area contributed by atoms with Crippen LogP contribution in [0.4, 0.5) is 5.69 Å². The minimum Gasteiger partial charge on any atom is -0.382 e. The Balaban J connectivity index is 1.49. The van der Waals surface area contributed by atoms with Crippen LogP contribution >= 0.6 is 11.8 Å². The number of hydrogen-bond acceptors (Lipinski definition) is 5. The number of piperidine rings is 1. The van der Waals surface area contributed by atoms with E-state index in [4.69, 9.17) is 0 Å². The van der Waals surface area contributed by atoms with Gasteiger partial charge in [-0.1, -0.05) is 30.0 Å². The minimum absolute atomic E-state index is 0.112. The van der Waals surface area contributed by atoms with Crippen molar-refractivity contribution < 1.29 is 4.79 Å². The largest absolute Gasteiger partial charge is 0.382 e. The smallest absolute Gasteiger partial charge is 0.254 e. The molecule has 0 bridgehead atoms. The van der Waals surface area contributed by atoms with Gasteiger partial charge in [0.2, 0.25) is 5.91 Å². The van der Waals surface area contributed by atoms with E-state index in [9.17, 15) is 9.59 Å². The van der Waals surface area contributed by atoms with Gasteiger partial charge in [0.05, 0.1) is 0 Å². The maximum atomic E-state index is 12.6. The van der Waals surface area contributed by atoms with Gasteiger partial charge in [0.15, 0.2) is 5.16 Å². The number of benzene rings is 1. The van der Waals surface area contributed by atoms with Gasteiger partial charge in [-0.25, -0.2) is 4.98 Å². The first kappa shape index (κ1) is 19.5. The van der Waals surface area contributed by atoms with Crippen molar-refractivity contribution in [1.82, 2.24) is 14.9 Å². The monoisotopic (exact) mass is 386 g/mol. The van der Waals surface area contributed by atoms with Crippen LogP contribution in [-0.4, -0.2) is 46.2 Å². The Bertz CT molecular complexity index is 830. The molecular weight excluding hydrogens is 360 g/mol. The van der Waals surface area contributed by atoms with E-state index in [2.05, 4.69) is 27.4 Å². The first-order chi connectivity index (χ1) is 13.1. The topological polar surface area (TPSA) is 78.1 Å². The summed E-state index contributed by atoms with van der Waals surface area (Å²) in [6.45, 7) is 3.33. The van der Waals surface area contributed by atoms with E-state index in [1.54, 1.807) is 0 Å². The summed E-state index contributed by atoms with van der Waals surface area (Å²) in [6, 6.07) is 10.6. The van der Waals surface area contributed by atoms with Gasteiger partial charge in [-0.15, -0.1) is 0 Å². The third kappa shape index (κ3) is 5.13. The molecule has 1 fully saturated rings. The fraction of sp³-hybridized carbons (Fsp3) is 0.450. The molecule has 7 heteroatoms. The zero-order valence-electron chi connectivity index (χ0n) is 15.8. The number of H-pyrrole nitrogens is 1. The van der Waals surface area contributed by atoms with Crippen molar-refractivity contribution in [2.24, 2.45) is 0 Å². The number of para-hydroxylation sites is 1.